The molecule has 92 valence electrons. The van der Waals surface area contributed by atoms with Crippen molar-refractivity contribution in [3.05, 3.63) is 16.1 Å². The van der Waals surface area contributed by atoms with Crippen LogP contribution < -0.4 is 11.1 Å². The summed E-state index contributed by atoms with van der Waals surface area (Å²) in [4.78, 5) is 4.47. The van der Waals surface area contributed by atoms with Crippen LogP contribution in [0.2, 0.25) is 0 Å². The maximum atomic E-state index is 5.99. The predicted molar refractivity (Wildman–Crippen MR) is 70.7 cm³/mol. The Kier molecular flexibility index (Phi) is 5.38. The molecule has 1 rings (SSSR count). The molecule has 0 aliphatic heterocycles. The fourth-order valence-electron chi connectivity index (χ4n) is 1.46. The first-order valence-electron chi connectivity index (χ1n) is 5.91. The van der Waals surface area contributed by atoms with Crippen LogP contribution >= 0.6 is 11.3 Å². The van der Waals surface area contributed by atoms with Crippen molar-refractivity contribution in [1.82, 2.24) is 10.3 Å². The van der Waals surface area contributed by atoms with Crippen molar-refractivity contribution in [3.8, 4) is 0 Å². The van der Waals surface area contributed by atoms with Gasteiger partial charge < -0.3 is 11.1 Å². The minimum absolute atomic E-state index is 0.290. The van der Waals surface area contributed by atoms with Crippen molar-refractivity contribution < 1.29 is 0 Å². The molecule has 0 radical (unpaired) electrons. The molecular formula is C12H23N3S. The van der Waals surface area contributed by atoms with Gasteiger partial charge in [0, 0.05) is 17.1 Å². The standard InChI is InChI=1S/C12H23N3S/c1-8(2)11(13)5-6-14-10(4)12-15-9(3)7-16-12/h7-8,10-11,14H,5-6,13H2,1-4H3. The predicted octanol–water partition coefficient (Wildman–Crippen LogP) is 2.48. The number of hydrogen-bond donors (Lipinski definition) is 2. The zero-order valence-electron chi connectivity index (χ0n) is 10.7. The lowest BCUT2D eigenvalue weighted by atomic mass is 10.0. The summed E-state index contributed by atoms with van der Waals surface area (Å²) in [5.74, 6) is 0.555. The number of hydrogen-bond acceptors (Lipinski definition) is 4. The zero-order valence-corrected chi connectivity index (χ0v) is 11.5. The fraction of sp³-hybridized carbons (Fsp3) is 0.750. The maximum Gasteiger partial charge on any atom is 0.110 e. The average molecular weight is 241 g/mol. The highest BCUT2D eigenvalue weighted by Gasteiger charge is 2.10. The van der Waals surface area contributed by atoms with Gasteiger partial charge in [-0.25, -0.2) is 4.98 Å². The summed E-state index contributed by atoms with van der Waals surface area (Å²) in [5.41, 5.74) is 7.10. The van der Waals surface area contributed by atoms with Crippen LogP contribution in [-0.4, -0.2) is 17.6 Å². The molecule has 0 aliphatic carbocycles. The van der Waals surface area contributed by atoms with Crippen molar-refractivity contribution in [2.75, 3.05) is 6.54 Å². The third-order valence-electron chi connectivity index (χ3n) is 2.79. The molecular weight excluding hydrogens is 218 g/mol. The first-order valence-corrected chi connectivity index (χ1v) is 6.79. The van der Waals surface area contributed by atoms with Gasteiger partial charge in [-0.1, -0.05) is 13.8 Å². The number of aryl methyl sites for hydroxylation is 1. The third-order valence-corrected chi connectivity index (χ3v) is 3.94. The highest BCUT2D eigenvalue weighted by molar-refractivity contribution is 7.09. The van der Waals surface area contributed by atoms with Gasteiger partial charge >= 0.3 is 0 Å². The van der Waals surface area contributed by atoms with Crippen LogP contribution in [0, 0.1) is 12.8 Å². The number of rotatable bonds is 6. The van der Waals surface area contributed by atoms with Gasteiger partial charge in [0.05, 0.1) is 6.04 Å². The lowest BCUT2D eigenvalue weighted by Gasteiger charge is -2.17. The number of aromatic nitrogens is 1. The van der Waals surface area contributed by atoms with Crippen LogP contribution in [0.3, 0.4) is 0 Å². The molecule has 0 saturated heterocycles. The smallest absolute Gasteiger partial charge is 0.110 e. The van der Waals surface area contributed by atoms with Crippen molar-refractivity contribution in [1.29, 1.82) is 0 Å². The van der Waals surface area contributed by atoms with E-state index >= 15 is 0 Å². The van der Waals surface area contributed by atoms with Crippen LogP contribution in [0.5, 0.6) is 0 Å². The van der Waals surface area contributed by atoms with Crippen molar-refractivity contribution in [2.45, 2.75) is 46.2 Å². The Morgan fingerprint density at radius 3 is 2.62 bits per heavy atom. The first-order chi connectivity index (χ1) is 7.50. The molecule has 2 atom stereocenters. The summed E-state index contributed by atoms with van der Waals surface area (Å²) < 4.78 is 0. The van der Waals surface area contributed by atoms with E-state index in [0.717, 1.165) is 23.7 Å². The summed E-state index contributed by atoms with van der Waals surface area (Å²) in [6, 6.07) is 0.621. The summed E-state index contributed by atoms with van der Waals surface area (Å²) in [5, 5.41) is 6.72. The second-order valence-electron chi connectivity index (χ2n) is 4.70. The Labute approximate surface area is 102 Å². The Balaban J connectivity index is 2.28. The third kappa shape index (κ3) is 4.20. The van der Waals surface area contributed by atoms with Gasteiger partial charge in [0.25, 0.3) is 0 Å². The Bertz CT molecular complexity index is 309. The van der Waals surface area contributed by atoms with E-state index in [1.807, 2.05) is 6.92 Å². The van der Waals surface area contributed by atoms with Gasteiger partial charge in [0.2, 0.25) is 0 Å². The monoisotopic (exact) mass is 241 g/mol. The van der Waals surface area contributed by atoms with Gasteiger partial charge in [0.15, 0.2) is 0 Å². The van der Waals surface area contributed by atoms with E-state index in [-0.39, 0.29) is 6.04 Å². The number of thiazole rings is 1. The van der Waals surface area contributed by atoms with Crippen LogP contribution in [0.25, 0.3) is 0 Å². The second kappa shape index (κ2) is 6.33. The average Bonchev–Trinajstić information content (AvgIpc) is 2.64. The molecule has 0 aromatic carbocycles. The number of nitrogens with one attached hydrogen (secondary N) is 1. The SMILES string of the molecule is Cc1csc(C(C)NCCC(N)C(C)C)n1. The molecule has 0 saturated carbocycles. The minimum Gasteiger partial charge on any atom is -0.327 e. The molecule has 0 amide bonds. The normalized spacial score (nSPS) is 15.4. The van der Waals surface area contributed by atoms with Crippen molar-refractivity contribution in [3.63, 3.8) is 0 Å². The maximum absolute atomic E-state index is 5.99. The van der Waals surface area contributed by atoms with E-state index in [1.54, 1.807) is 11.3 Å². The summed E-state index contributed by atoms with van der Waals surface area (Å²) in [6.07, 6.45) is 1.02. The molecule has 0 bridgehead atoms. The van der Waals surface area contributed by atoms with E-state index in [1.165, 1.54) is 0 Å². The van der Waals surface area contributed by atoms with Gasteiger partial charge in [-0.3, -0.25) is 0 Å². The topological polar surface area (TPSA) is 50.9 Å². The van der Waals surface area contributed by atoms with Crippen molar-refractivity contribution in [2.24, 2.45) is 11.7 Å². The summed E-state index contributed by atoms with van der Waals surface area (Å²) in [7, 11) is 0. The van der Waals surface area contributed by atoms with E-state index in [2.05, 4.69) is 36.5 Å². The molecule has 1 aromatic heterocycles. The Hall–Kier alpha value is -0.450. The molecule has 0 aliphatic rings. The molecule has 3 nitrogen and oxygen atoms in total. The zero-order chi connectivity index (χ0) is 12.1. The van der Waals surface area contributed by atoms with Gasteiger partial charge in [-0.05, 0) is 32.7 Å². The largest absolute Gasteiger partial charge is 0.327 e. The highest BCUT2D eigenvalue weighted by atomic mass is 32.1. The molecule has 1 aromatic rings. The molecule has 4 heteroatoms. The molecule has 2 unspecified atom stereocenters. The summed E-state index contributed by atoms with van der Waals surface area (Å²) >= 11 is 1.72. The molecule has 0 fully saturated rings. The fourth-order valence-corrected chi connectivity index (χ4v) is 2.29. The highest BCUT2D eigenvalue weighted by Crippen LogP contribution is 2.17. The second-order valence-corrected chi connectivity index (χ2v) is 5.59. The van der Waals surface area contributed by atoms with Crippen LogP contribution in [0.15, 0.2) is 5.38 Å². The van der Waals surface area contributed by atoms with E-state index in [9.17, 15) is 0 Å². The van der Waals surface area contributed by atoms with Gasteiger partial charge in [-0.2, -0.15) is 0 Å². The van der Waals surface area contributed by atoms with E-state index in [4.69, 9.17) is 5.73 Å². The number of nitrogens with two attached hydrogens (primary N) is 1. The van der Waals surface area contributed by atoms with E-state index in [0.29, 0.717) is 12.0 Å². The molecule has 1 heterocycles. The van der Waals surface area contributed by atoms with Crippen LogP contribution in [0.4, 0.5) is 0 Å². The Morgan fingerprint density at radius 1 is 1.44 bits per heavy atom. The lowest BCUT2D eigenvalue weighted by molar-refractivity contribution is 0.435. The van der Waals surface area contributed by atoms with E-state index < -0.39 is 0 Å². The quantitative estimate of drug-likeness (QED) is 0.804. The molecule has 0 spiro atoms. The van der Waals surface area contributed by atoms with Crippen LogP contribution in [0.1, 0.15) is 43.9 Å². The lowest BCUT2D eigenvalue weighted by Crippen LogP contribution is -2.31. The van der Waals surface area contributed by atoms with Crippen molar-refractivity contribution >= 4 is 11.3 Å². The molecule has 3 N–H and O–H groups in total. The molecule has 16 heavy (non-hydrogen) atoms. The van der Waals surface area contributed by atoms with Crippen LogP contribution in [-0.2, 0) is 0 Å². The number of nitrogens with zero attached hydrogens (tertiary/aromatic N) is 1. The minimum atomic E-state index is 0.290. The summed E-state index contributed by atoms with van der Waals surface area (Å²) in [6.45, 7) is 9.47. The Morgan fingerprint density at radius 2 is 2.12 bits per heavy atom. The van der Waals surface area contributed by atoms with Gasteiger partial charge in [-0.15, -0.1) is 11.3 Å². The first kappa shape index (κ1) is 13.6. The van der Waals surface area contributed by atoms with Gasteiger partial charge in [0.1, 0.15) is 5.01 Å².